The van der Waals surface area contributed by atoms with E-state index < -0.39 is 10.0 Å². The Morgan fingerprint density at radius 2 is 1.71 bits per heavy atom. The second kappa shape index (κ2) is 8.45. The number of aryl methyl sites for hydroxylation is 2. The summed E-state index contributed by atoms with van der Waals surface area (Å²) in [5.74, 6) is -0.0355. The van der Waals surface area contributed by atoms with Crippen molar-refractivity contribution in [2.75, 3.05) is 20.1 Å². The number of carbonyl (C=O) groups is 1. The number of carbonyl (C=O) groups excluding carboxylic acids is 1. The molecule has 28 heavy (non-hydrogen) atoms. The van der Waals surface area contributed by atoms with E-state index in [0.717, 1.165) is 16.7 Å². The van der Waals surface area contributed by atoms with Crippen molar-refractivity contribution in [1.82, 2.24) is 9.21 Å². The zero-order valence-electron chi connectivity index (χ0n) is 16.8. The van der Waals surface area contributed by atoms with Crippen LogP contribution in [0, 0.1) is 19.8 Å². The second-order valence-electron chi connectivity index (χ2n) is 7.63. The number of sulfonamides is 1. The molecule has 0 unspecified atom stereocenters. The van der Waals surface area contributed by atoms with E-state index in [0.29, 0.717) is 37.4 Å². The minimum atomic E-state index is -3.52. The molecule has 0 N–H and O–H groups in total. The summed E-state index contributed by atoms with van der Waals surface area (Å²) in [7, 11) is -1.71. The van der Waals surface area contributed by atoms with Gasteiger partial charge in [0, 0.05) is 32.6 Å². The average molecular weight is 401 g/mol. The molecule has 1 amide bonds. The van der Waals surface area contributed by atoms with Gasteiger partial charge in [-0.25, -0.2) is 8.42 Å². The summed E-state index contributed by atoms with van der Waals surface area (Å²) in [5, 5.41) is 0. The maximum Gasteiger partial charge on any atom is 0.243 e. The Morgan fingerprint density at radius 1 is 1.07 bits per heavy atom. The molecule has 1 heterocycles. The van der Waals surface area contributed by atoms with Crippen molar-refractivity contribution in [2.45, 2.75) is 38.1 Å². The van der Waals surface area contributed by atoms with Gasteiger partial charge in [-0.05, 0) is 43.9 Å². The highest BCUT2D eigenvalue weighted by molar-refractivity contribution is 7.89. The molecule has 0 spiro atoms. The highest BCUT2D eigenvalue weighted by Gasteiger charge is 2.33. The van der Waals surface area contributed by atoms with Gasteiger partial charge < -0.3 is 4.90 Å². The zero-order valence-corrected chi connectivity index (χ0v) is 17.6. The molecular formula is C22H28N2O3S. The Hall–Kier alpha value is -2.18. The van der Waals surface area contributed by atoms with Gasteiger partial charge in [0.1, 0.15) is 0 Å². The van der Waals surface area contributed by atoms with E-state index >= 15 is 0 Å². The second-order valence-corrected chi connectivity index (χ2v) is 9.53. The van der Waals surface area contributed by atoms with Gasteiger partial charge in [-0.3, -0.25) is 4.79 Å². The Bertz CT molecular complexity index is 934. The third-order valence-corrected chi connectivity index (χ3v) is 7.45. The summed E-state index contributed by atoms with van der Waals surface area (Å²) in [6.45, 7) is 5.11. The lowest BCUT2D eigenvalue weighted by Crippen LogP contribution is -2.43. The highest BCUT2D eigenvalue weighted by Crippen LogP contribution is 2.27. The molecule has 3 rings (SSSR count). The number of piperidine rings is 1. The van der Waals surface area contributed by atoms with Crippen LogP contribution < -0.4 is 0 Å². The van der Waals surface area contributed by atoms with Gasteiger partial charge >= 0.3 is 0 Å². The van der Waals surface area contributed by atoms with Crippen LogP contribution in [0.4, 0.5) is 0 Å². The first-order chi connectivity index (χ1) is 13.3. The number of amides is 1. The summed E-state index contributed by atoms with van der Waals surface area (Å²) in [6.07, 6.45) is 1.12. The topological polar surface area (TPSA) is 57.7 Å². The minimum absolute atomic E-state index is 0.0902. The lowest BCUT2D eigenvalue weighted by molar-refractivity contribution is -0.135. The van der Waals surface area contributed by atoms with Gasteiger partial charge in [-0.15, -0.1) is 0 Å². The van der Waals surface area contributed by atoms with Crippen LogP contribution in [0.1, 0.15) is 29.5 Å². The highest BCUT2D eigenvalue weighted by atomic mass is 32.2. The molecule has 0 atom stereocenters. The standard InChI is InChI=1S/C22H28N2O3S/c1-17-9-10-21(18(2)15-17)28(26,27)24-13-11-20(12-14-24)22(25)23(3)16-19-7-5-4-6-8-19/h4-10,15,20H,11-14,16H2,1-3H3. The van der Waals surface area contributed by atoms with Gasteiger partial charge in [0.05, 0.1) is 4.90 Å². The average Bonchev–Trinajstić information content (AvgIpc) is 2.68. The van der Waals surface area contributed by atoms with Crippen molar-refractivity contribution in [1.29, 1.82) is 0 Å². The van der Waals surface area contributed by atoms with E-state index in [1.54, 1.807) is 11.0 Å². The predicted molar refractivity (Wildman–Crippen MR) is 110 cm³/mol. The van der Waals surface area contributed by atoms with Gasteiger partial charge in [0.25, 0.3) is 0 Å². The van der Waals surface area contributed by atoms with Crippen LogP contribution in [0.15, 0.2) is 53.4 Å². The summed E-state index contributed by atoms with van der Waals surface area (Å²) < 4.78 is 27.5. The molecule has 0 aliphatic carbocycles. The Balaban J connectivity index is 1.62. The number of hydrogen-bond donors (Lipinski definition) is 0. The first-order valence-electron chi connectivity index (χ1n) is 9.65. The summed E-state index contributed by atoms with van der Waals surface area (Å²) >= 11 is 0. The third kappa shape index (κ3) is 4.45. The number of hydrogen-bond acceptors (Lipinski definition) is 3. The van der Waals surface area contributed by atoms with Crippen LogP contribution in [-0.4, -0.2) is 43.7 Å². The number of nitrogens with zero attached hydrogens (tertiary/aromatic N) is 2. The van der Waals surface area contributed by atoms with Crippen molar-refractivity contribution >= 4 is 15.9 Å². The number of rotatable bonds is 5. The molecule has 6 heteroatoms. The Labute approximate surface area is 168 Å². The normalized spacial score (nSPS) is 16.1. The van der Waals surface area contributed by atoms with E-state index in [1.165, 1.54) is 4.31 Å². The van der Waals surface area contributed by atoms with E-state index in [9.17, 15) is 13.2 Å². The lowest BCUT2D eigenvalue weighted by Gasteiger charge is -2.33. The first-order valence-corrected chi connectivity index (χ1v) is 11.1. The number of benzene rings is 2. The largest absolute Gasteiger partial charge is 0.341 e. The molecule has 0 bridgehead atoms. The molecule has 0 aromatic heterocycles. The van der Waals surface area contributed by atoms with Crippen LogP contribution >= 0.6 is 0 Å². The first kappa shape index (κ1) is 20.6. The fourth-order valence-electron chi connectivity index (χ4n) is 3.82. The molecule has 2 aromatic carbocycles. The van der Waals surface area contributed by atoms with Crippen LogP contribution in [0.3, 0.4) is 0 Å². The fraction of sp³-hybridized carbons (Fsp3) is 0.409. The summed E-state index contributed by atoms with van der Waals surface area (Å²) in [5.41, 5.74) is 2.90. The Morgan fingerprint density at radius 3 is 2.32 bits per heavy atom. The molecule has 5 nitrogen and oxygen atoms in total. The molecule has 1 aliphatic heterocycles. The van der Waals surface area contributed by atoms with E-state index in [2.05, 4.69) is 0 Å². The smallest absolute Gasteiger partial charge is 0.243 e. The molecule has 1 fully saturated rings. The molecule has 0 radical (unpaired) electrons. The molecule has 150 valence electrons. The van der Waals surface area contributed by atoms with Crippen molar-refractivity contribution < 1.29 is 13.2 Å². The van der Waals surface area contributed by atoms with Crippen molar-refractivity contribution in [3.63, 3.8) is 0 Å². The van der Waals surface area contributed by atoms with Gasteiger partial charge in [0.2, 0.25) is 15.9 Å². The van der Waals surface area contributed by atoms with Crippen LogP contribution in [0.5, 0.6) is 0 Å². The fourth-order valence-corrected chi connectivity index (χ4v) is 5.49. The monoisotopic (exact) mass is 400 g/mol. The molecule has 1 aliphatic rings. The SMILES string of the molecule is Cc1ccc(S(=O)(=O)N2CCC(C(=O)N(C)Cc3ccccc3)CC2)c(C)c1. The summed E-state index contributed by atoms with van der Waals surface area (Å²) in [4.78, 5) is 14.9. The predicted octanol–water partition coefficient (Wildman–Crippen LogP) is 3.36. The van der Waals surface area contributed by atoms with Gasteiger partial charge in [0.15, 0.2) is 0 Å². The van der Waals surface area contributed by atoms with Crippen molar-refractivity contribution in [3.8, 4) is 0 Å². The molecule has 2 aromatic rings. The van der Waals surface area contributed by atoms with Crippen molar-refractivity contribution in [3.05, 3.63) is 65.2 Å². The van der Waals surface area contributed by atoms with E-state index in [-0.39, 0.29) is 11.8 Å². The van der Waals surface area contributed by atoms with Crippen LogP contribution in [-0.2, 0) is 21.4 Å². The van der Waals surface area contributed by atoms with Crippen LogP contribution in [0.25, 0.3) is 0 Å². The lowest BCUT2D eigenvalue weighted by atomic mass is 9.96. The third-order valence-electron chi connectivity index (χ3n) is 5.39. The summed E-state index contributed by atoms with van der Waals surface area (Å²) in [6, 6.07) is 15.3. The molecular weight excluding hydrogens is 372 g/mol. The van der Waals surface area contributed by atoms with Gasteiger partial charge in [-0.1, -0.05) is 48.0 Å². The maximum absolute atomic E-state index is 13.0. The minimum Gasteiger partial charge on any atom is -0.341 e. The Kier molecular flexibility index (Phi) is 6.20. The van der Waals surface area contributed by atoms with Crippen LogP contribution in [0.2, 0.25) is 0 Å². The quantitative estimate of drug-likeness (QED) is 0.773. The molecule has 0 saturated carbocycles. The van der Waals surface area contributed by atoms with E-state index in [4.69, 9.17) is 0 Å². The van der Waals surface area contributed by atoms with Crippen molar-refractivity contribution in [2.24, 2.45) is 5.92 Å². The molecule has 1 saturated heterocycles. The maximum atomic E-state index is 13.0. The zero-order chi connectivity index (χ0) is 20.3. The van der Waals surface area contributed by atoms with Gasteiger partial charge in [-0.2, -0.15) is 4.31 Å². The van der Waals surface area contributed by atoms with E-state index in [1.807, 2.05) is 63.4 Å².